The Morgan fingerprint density at radius 1 is 1.22 bits per heavy atom. The number of methoxy groups -OCH3 is 2. The number of carbonyl (C=O) groups excluding carboxylic acids is 1. The van der Waals surface area contributed by atoms with Crippen LogP contribution in [0.25, 0.3) is 0 Å². The molecule has 0 aromatic heterocycles. The summed E-state index contributed by atoms with van der Waals surface area (Å²) in [6, 6.07) is 4.30. The Kier molecular flexibility index (Phi) is 6.00. The van der Waals surface area contributed by atoms with Crippen LogP contribution in [0.2, 0.25) is 0 Å². The number of esters is 1. The van der Waals surface area contributed by atoms with Gasteiger partial charge >= 0.3 is 5.97 Å². The standard InChI is InChI=1S/C13H18O5/c1-16-7-3-4-8-18-12-9-10(14)5-6-11(12)13(15)17-2/h5-6,9,14H,3-4,7-8H2,1-2H3. The molecule has 0 radical (unpaired) electrons. The zero-order valence-corrected chi connectivity index (χ0v) is 10.6. The van der Waals surface area contributed by atoms with Gasteiger partial charge < -0.3 is 19.3 Å². The van der Waals surface area contributed by atoms with Crippen molar-refractivity contribution in [3.05, 3.63) is 23.8 Å². The molecule has 0 aliphatic carbocycles. The zero-order valence-electron chi connectivity index (χ0n) is 10.6. The summed E-state index contributed by atoms with van der Waals surface area (Å²) in [5.74, 6) is -0.101. The summed E-state index contributed by atoms with van der Waals surface area (Å²) in [5, 5.41) is 9.38. The van der Waals surface area contributed by atoms with Gasteiger partial charge in [-0.3, -0.25) is 0 Å². The van der Waals surface area contributed by atoms with Crippen molar-refractivity contribution in [2.24, 2.45) is 0 Å². The first-order valence-electron chi connectivity index (χ1n) is 5.72. The second-order valence-corrected chi connectivity index (χ2v) is 3.72. The zero-order chi connectivity index (χ0) is 13.4. The lowest BCUT2D eigenvalue weighted by Crippen LogP contribution is -2.07. The van der Waals surface area contributed by atoms with Gasteiger partial charge in [-0.05, 0) is 25.0 Å². The number of phenolic OH excluding ortho intramolecular Hbond substituents is 1. The highest BCUT2D eigenvalue weighted by atomic mass is 16.5. The average molecular weight is 254 g/mol. The van der Waals surface area contributed by atoms with Crippen molar-refractivity contribution in [2.75, 3.05) is 27.4 Å². The van der Waals surface area contributed by atoms with Crippen LogP contribution in [-0.4, -0.2) is 38.5 Å². The lowest BCUT2D eigenvalue weighted by molar-refractivity contribution is 0.0595. The lowest BCUT2D eigenvalue weighted by Gasteiger charge is -2.10. The first kappa shape index (κ1) is 14.3. The van der Waals surface area contributed by atoms with Crippen LogP contribution in [-0.2, 0) is 9.47 Å². The van der Waals surface area contributed by atoms with Gasteiger partial charge in [0, 0.05) is 19.8 Å². The summed E-state index contributed by atoms with van der Waals surface area (Å²) in [6.07, 6.45) is 1.69. The van der Waals surface area contributed by atoms with Crippen LogP contribution in [0.5, 0.6) is 11.5 Å². The number of benzene rings is 1. The minimum atomic E-state index is -0.484. The van der Waals surface area contributed by atoms with Gasteiger partial charge in [0.15, 0.2) is 0 Å². The predicted molar refractivity (Wildman–Crippen MR) is 66.1 cm³/mol. The summed E-state index contributed by atoms with van der Waals surface area (Å²) in [6.45, 7) is 1.13. The Morgan fingerprint density at radius 2 is 1.94 bits per heavy atom. The van der Waals surface area contributed by atoms with Gasteiger partial charge in [0.1, 0.15) is 17.1 Å². The molecule has 1 rings (SSSR count). The molecule has 0 bridgehead atoms. The Labute approximate surface area is 106 Å². The molecule has 0 heterocycles. The molecule has 0 aliphatic heterocycles. The van der Waals surface area contributed by atoms with Crippen molar-refractivity contribution in [1.82, 2.24) is 0 Å². The lowest BCUT2D eigenvalue weighted by atomic mass is 10.2. The van der Waals surface area contributed by atoms with Crippen molar-refractivity contribution in [3.8, 4) is 11.5 Å². The number of hydrogen-bond donors (Lipinski definition) is 1. The molecular weight excluding hydrogens is 236 g/mol. The molecule has 18 heavy (non-hydrogen) atoms. The topological polar surface area (TPSA) is 65.0 Å². The minimum Gasteiger partial charge on any atom is -0.508 e. The molecule has 5 nitrogen and oxygen atoms in total. The van der Waals surface area contributed by atoms with Gasteiger partial charge in [-0.2, -0.15) is 0 Å². The Bertz CT molecular complexity index is 389. The molecule has 0 amide bonds. The quantitative estimate of drug-likeness (QED) is 0.595. The van der Waals surface area contributed by atoms with Crippen molar-refractivity contribution in [1.29, 1.82) is 0 Å². The maximum absolute atomic E-state index is 11.5. The average Bonchev–Trinajstić information content (AvgIpc) is 2.38. The van der Waals surface area contributed by atoms with E-state index in [2.05, 4.69) is 4.74 Å². The van der Waals surface area contributed by atoms with Gasteiger partial charge in [0.05, 0.1) is 13.7 Å². The number of carbonyl (C=O) groups is 1. The first-order valence-corrected chi connectivity index (χ1v) is 5.72. The van der Waals surface area contributed by atoms with Crippen LogP contribution in [0.15, 0.2) is 18.2 Å². The smallest absolute Gasteiger partial charge is 0.341 e. The van der Waals surface area contributed by atoms with E-state index in [1.165, 1.54) is 25.3 Å². The fraction of sp³-hybridized carbons (Fsp3) is 0.462. The fourth-order valence-electron chi connectivity index (χ4n) is 1.44. The molecular formula is C13H18O5. The molecule has 1 aromatic rings. The van der Waals surface area contributed by atoms with Crippen molar-refractivity contribution in [3.63, 3.8) is 0 Å². The van der Waals surface area contributed by atoms with E-state index in [1.54, 1.807) is 7.11 Å². The van der Waals surface area contributed by atoms with E-state index in [4.69, 9.17) is 9.47 Å². The monoisotopic (exact) mass is 254 g/mol. The third-order valence-electron chi connectivity index (χ3n) is 2.37. The largest absolute Gasteiger partial charge is 0.508 e. The number of ether oxygens (including phenoxy) is 3. The van der Waals surface area contributed by atoms with E-state index in [-0.39, 0.29) is 5.75 Å². The van der Waals surface area contributed by atoms with Crippen LogP contribution in [0.4, 0.5) is 0 Å². The third-order valence-corrected chi connectivity index (χ3v) is 2.37. The predicted octanol–water partition coefficient (Wildman–Crippen LogP) is 1.98. The van der Waals surface area contributed by atoms with Gasteiger partial charge in [-0.15, -0.1) is 0 Å². The maximum atomic E-state index is 11.5. The Hall–Kier alpha value is -1.75. The Balaban J connectivity index is 2.62. The van der Waals surface area contributed by atoms with Crippen LogP contribution < -0.4 is 4.74 Å². The van der Waals surface area contributed by atoms with Crippen molar-refractivity contribution < 1.29 is 24.1 Å². The number of aromatic hydroxyl groups is 1. The second kappa shape index (κ2) is 7.55. The number of rotatable bonds is 7. The van der Waals surface area contributed by atoms with E-state index in [0.29, 0.717) is 24.5 Å². The van der Waals surface area contributed by atoms with Crippen LogP contribution in [0.3, 0.4) is 0 Å². The van der Waals surface area contributed by atoms with Crippen LogP contribution in [0.1, 0.15) is 23.2 Å². The molecule has 0 aliphatic rings. The summed E-state index contributed by atoms with van der Waals surface area (Å²) >= 11 is 0. The number of hydrogen-bond acceptors (Lipinski definition) is 5. The number of phenols is 1. The van der Waals surface area contributed by atoms with E-state index < -0.39 is 5.97 Å². The highest BCUT2D eigenvalue weighted by Gasteiger charge is 2.13. The summed E-state index contributed by atoms with van der Waals surface area (Å²) in [7, 11) is 2.95. The van der Waals surface area contributed by atoms with Crippen molar-refractivity contribution >= 4 is 5.97 Å². The first-order chi connectivity index (χ1) is 8.69. The van der Waals surface area contributed by atoms with Gasteiger partial charge in [-0.1, -0.05) is 0 Å². The second-order valence-electron chi connectivity index (χ2n) is 3.72. The molecule has 1 N–H and O–H groups in total. The van der Waals surface area contributed by atoms with E-state index in [0.717, 1.165) is 12.8 Å². The van der Waals surface area contributed by atoms with E-state index in [1.807, 2.05) is 0 Å². The highest BCUT2D eigenvalue weighted by molar-refractivity contribution is 5.92. The molecule has 0 saturated carbocycles. The van der Waals surface area contributed by atoms with Gasteiger partial charge in [0.25, 0.3) is 0 Å². The SMILES string of the molecule is COCCCCOc1cc(O)ccc1C(=O)OC. The molecule has 0 spiro atoms. The van der Waals surface area contributed by atoms with Crippen molar-refractivity contribution in [2.45, 2.75) is 12.8 Å². The summed E-state index contributed by atoms with van der Waals surface area (Å²) in [4.78, 5) is 11.5. The molecule has 0 fully saturated rings. The Morgan fingerprint density at radius 3 is 2.61 bits per heavy atom. The summed E-state index contributed by atoms with van der Waals surface area (Å²) in [5.41, 5.74) is 0.307. The van der Waals surface area contributed by atoms with E-state index >= 15 is 0 Å². The van der Waals surface area contributed by atoms with Gasteiger partial charge in [-0.25, -0.2) is 4.79 Å². The molecule has 1 aromatic carbocycles. The molecule has 100 valence electrons. The van der Waals surface area contributed by atoms with Gasteiger partial charge in [0.2, 0.25) is 0 Å². The third kappa shape index (κ3) is 4.25. The van der Waals surface area contributed by atoms with E-state index in [9.17, 15) is 9.90 Å². The summed E-state index contributed by atoms with van der Waals surface area (Å²) < 4.78 is 15.0. The molecule has 0 atom stereocenters. The number of unbranched alkanes of at least 4 members (excludes halogenated alkanes) is 1. The van der Waals surface area contributed by atoms with Crippen LogP contribution >= 0.6 is 0 Å². The van der Waals surface area contributed by atoms with Crippen LogP contribution in [0, 0.1) is 0 Å². The molecule has 5 heteroatoms. The fourth-order valence-corrected chi connectivity index (χ4v) is 1.44. The highest BCUT2D eigenvalue weighted by Crippen LogP contribution is 2.25. The molecule has 0 saturated heterocycles. The minimum absolute atomic E-state index is 0.0505. The molecule has 0 unspecified atom stereocenters. The normalized spacial score (nSPS) is 10.1. The maximum Gasteiger partial charge on any atom is 0.341 e.